The molecule has 0 bridgehead atoms. The fraction of sp³-hybridized carbons (Fsp3) is 0.429. The van der Waals surface area contributed by atoms with Crippen molar-refractivity contribution in [3.05, 3.63) is 29.6 Å². The van der Waals surface area contributed by atoms with Gasteiger partial charge in [0.15, 0.2) is 0 Å². The van der Waals surface area contributed by atoms with Gasteiger partial charge in [0.2, 0.25) is 16.0 Å². The molecule has 0 amide bonds. The van der Waals surface area contributed by atoms with Crippen molar-refractivity contribution >= 4 is 21.7 Å². The summed E-state index contributed by atoms with van der Waals surface area (Å²) in [7, 11) is 3.76. The first kappa shape index (κ1) is 17.2. The molecule has 0 aliphatic heterocycles. The lowest BCUT2D eigenvalue weighted by Crippen LogP contribution is -2.24. The maximum absolute atomic E-state index is 12.4. The first-order chi connectivity index (χ1) is 10.7. The van der Waals surface area contributed by atoms with Crippen LogP contribution < -0.4 is 14.5 Å². The third kappa shape index (κ3) is 3.99. The molecule has 0 atom stereocenters. The van der Waals surface area contributed by atoms with Crippen molar-refractivity contribution in [2.75, 3.05) is 38.0 Å². The van der Waals surface area contributed by atoms with Crippen molar-refractivity contribution in [3.63, 3.8) is 0 Å². The molecule has 9 heteroatoms. The Morgan fingerprint density at radius 3 is 2.43 bits per heavy atom. The molecule has 8 nitrogen and oxygen atoms in total. The molecule has 0 aliphatic rings. The van der Waals surface area contributed by atoms with Crippen LogP contribution >= 0.6 is 0 Å². The molecule has 2 rings (SSSR count). The van der Waals surface area contributed by atoms with E-state index < -0.39 is 10.0 Å². The Labute approximate surface area is 136 Å². The van der Waals surface area contributed by atoms with E-state index in [0.717, 1.165) is 11.3 Å². The first-order valence-corrected chi connectivity index (χ1v) is 8.55. The summed E-state index contributed by atoms with van der Waals surface area (Å²) in [5.74, 6) is 0.960. The van der Waals surface area contributed by atoms with E-state index in [2.05, 4.69) is 19.9 Å². The Kier molecular flexibility index (Phi) is 4.90. The zero-order valence-corrected chi connectivity index (χ0v) is 14.8. The van der Waals surface area contributed by atoms with Crippen molar-refractivity contribution in [3.8, 4) is 0 Å². The van der Waals surface area contributed by atoms with Gasteiger partial charge in [0.05, 0.1) is 11.4 Å². The summed E-state index contributed by atoms with van der Waals surface area (Å²) in [5, 5.41) is 6.70. The zero-order valence-electron chi connectivity index (χ0n) is 14.0. The Hall–Kier alpha value is -2.13. The van der Waals surface area contributed by atoms with Crippen LogP contribution in [0.2, 0.25) is 0 Å². The van der Waals surface area contributed by atoms with E-state index in [1.807, 2.05) is 40.0 Å². The molecule has 0 fully saturated rings. The van der Waals surface area contributed by atoms with Gasteiger partial charge >= 0.3 is 0 Å². The molecule has 126 valence electrons. The van der Waals surface area contributed by atoms with Crippen LogP contribution in [0.25, 0.3) is 0 Å². The van der Waals surface area contributed by atoms with E-state index >= 15 is 0 Å². The first-order valence-electron chi connectivity index (χ1n) is 7.07. The Morgan fingerprint density at radius 1 is 1.17 bits per heavy atom. The lowest BCUT2D eigenvalue weighted by molar-refractivity contribution is 0.579. The number of rotatable bonds is 6. The highest BCUT2D eigenvalue weighted by Gasteiger charge is 2.17. The average molecular weight is 338 g/mol. The number of hydrogen-bond acceptors (Lipinski definition) is 6. The van der Waals surface area contributed by atoms with Gasteiger partial charge in [0.25, 0.3) is 0 Å². The van der Waals surface area contributed by atoms with Crippen molar-refractivity contribution in [1.29, 1.82) is 0 Å². The third-order valence-electron chi connectivity index (χ3n) is 3.32. The summed E-state index contributed by atoms with van der Waals surface area (Å²) < 4.78 is 27.4. The predicted octanol–water partition coefficient (Wildman–Crippen LogP) is 0.724. The minimum atomic E-state index is -3.62. The van der Waals surface area contributed by atoms with Gasteiger partial charge in [-0.3, -0.25) is 5.10 Å². The van der Waals surface area contributed by atoms with Crippen LogP contribution in [0.4, 0.5) is 11.6 Å². The van der Waals surface area contributed by atoms with E-state index in [4.69, 9.17) is 0 Å². The second kappa shape index (κ2) is 6.55. The number of aromatic nitrogens is 3. The van der Waals surface area contributed by atoms with E-state index in [1.54, 1.807) is 23.1 Å². The van der Waals surface area contributed by atoms with Gasteiger partial charge in [-0.05, 0) is 24.6 Å². The lowest BCUT2D eigenvalue weighted by atomic mass is 10.2. The van der Waals surface area contributed by atoms with Crippen LogP contribution in [0.1, 0.15) is 11.4 Å². The fourth-order valence-electron chi connectivity index (χ4n) is 2.05. The predicted molar refractivity (Wildman–Crippen MR) is 90.2 cm³/mol. The van der Waals surface area contributed by atoms with E-state index in [1.165, 1.54) is 0 Å². The van der Waals surface area contributed by atoms with Crippen LogP contribution in [0.15, 0.2) is 23.1 Å². The van der Waals surface area contributed by atoms with Crippen molar-refractivity contribution in [1.82, 2.24) is 19.9 Å². The Bertz CT molecular complexity index is 782. The summed E-state index contributed by atoms with van der Waals surface area (Å²) in [5.41, 5.74) is 1.88. The van der Waals surface area contributed by atoms with Crippen molar-refractivity contribution in [2.24, 2.45) is 0 Å². The summed E-state index contributed by atoms with van der Waals surface area (Å²) in [6.45, 7) is 1.99. The molecule has 2 N–H and O–H groups in total. The Morgan fingerprint density at radius 2 is 1.87 bits per heavy atom. The van der Waals surface area contributed by atoms with Crippen LogP contribution in [-0.4, -0.2) is 51.8 Å². The smallest absolute Gasteiger partial charge is 0.244 e. The quantitative estimate of drug-likeness (QED) is 0.806. The molecule has 23 heavy (non-hydrogen) atoms. The number of aromatic amines is 1. The molecular weight excluding hydrogens is 316 g/mol. The van der Waals surface area contributed by atoms with E-state index in [0.29, 0.717) is 11.8 Å². The molecule has 0 saturated carbocycles. The third-order valence-corrected chi connectivity index (χ3v) is 4.72. The summed E-state index contributed by atoms with van der Waals surface area (Å²) in [4.78, 5) is 8.03. The molecule has 0 radical (unpaired) electrons. The van der Waals surface area contributed by atoms with Crippen molar-refractivity contribution < 1.29 is 8.42 Å². The van der Waals surface area contributed by atoms with Crippen LogP contribution in [-0.2, 0) is 16.6 Å². The molecule has 0 spiro atoms. The number of sulfonamides is 1. The summed E-state index contributed by atoms with van der Waals surface area (Å²) in [6, 6.07) is 5.04. The molecule has 1 heterocycles. The fourth-order valence-corrected chi connectivity index (χ4v) is 3.06. The molecule has 0 saturated heterocycles. The van der Waals surface area contributed by atoms with Crippen LogP contribution in [0, 0.1) is 6.92 Å². The molecule has 1 aromatic carbocycles. The number of H-pyrrole nitrogens is 1. The van der Waals surface area contributed by atoms with Gasteiger partial charge in [-0.2, -0.15) is 4.98 Å². The van der Waals surface area contributed by atoms with Gasteiger partial charge in [-0.25, -0.2) is 13.1 Å². The number of benzene rings is 1. The number of aryl methyl sites for hydroxylation is 1. The second-order valence-electron chi connectivity index (χ2n) is 5.64. The van der Waals surface area contributed by atoms with Gasteiger partial charge in [-0.15, -0.1) is 5.10 Å². The van der Waals surface area contributed by atoms with Gasteiger partial charge in [0.1, 0.15) is 5.82 Å². The van der Waals surface area contributed by atoms with Crippen molar-refractivity contribution in [2.45, 2.75) is 18.4 Å². The number of nitrogens with zero attached hydrogens (tertiary/aromatic N) is 4. The summed E-state index contributed by atoms with van der Waals surface area (Å²) in [6.07, 6.45) is 0. The van der Waals surface area contributed by atoms with Gasteiger partial charge in [-0.1, -0.05) is 6.07 Å². The maximum atomic E-state index is 12.4. The minimum absolute atomic E-state index is 0.0499. The topological polar surface area (TPSA) is 94.2 Å². The molecule has 0 aliphatic carbocycles. The van der Waals surface area contributed by atoms with Gasteiger partial charge < -0.3 is 9.80 Å². The molecule has 2 aromatic rings. The zero-order chi connectivity index (χ0) is 17.2. The number of hydrogen-bond donors (Lipinski definition) is 2. The SMILES string of the molecule is Cc1ccc(S(=O)(=O)NCc2nc(N(C)C)n[nH]2)cc1N(C)C. The highest BCUT2D eigenvalue weighted by Crippen LogP contribution is 2.22. The Balaban J connectivity index is 2.16. The highest BCUT2D eigenvalue weighted by atomic mass is 32.2. The normalized spacial score (nSPS) is 11.5. The largest absolute Gasteiger partial charge is 0.377 e. The maximum Gasteiger partial charge on any atom is 0.244 e. The van der Waals surface area contributed by atoms with E-state index in [9.17, 15) is 8.42 Å². The average Bonchev–Trinajstić information content (AvgIpc) is 2.94. The number of anilines is 2. The van der Waals surface area contributed by atoms with Crippen LogP contribution in [0.5, 0.6) is 0 Å². The molecule has 1 aromatic heterocycles. The standard InChI is InChI=1S/C14H22N6O2S/c1-10-6-7-11(8-12(10)19(2)3)23(21,22)15-9-13-16-14(18-17-13)20(4)5/h6-8,15H,9H2,1-5H3,(H,16,17,18). The number of nitrogens with one attached hydrogen (secondary N) is 2. The minimum Gasteiger partial charge on any atom is -0.377 e. The van der Waals surface area contributed by atoms with Crippen LogP contribution in [0.3, 0.4) is 0 Å². The van der Waals surface area contributed by atoms with Gasteiger partial charge in [0, 0.05) is 33.9 Å². The second-order valence-corrected chi connectivity index (χ2v) is 7.41. The molecular formula is C14H22N6O2S. The summed E-state index contributed by atoms with van der Waals surface area (Å²) >= 11 is 0. The molecule has 0 unspecified atom stereocenters. The monoisotopic (exact) mass is 338 g/mol. The lowest BCUT2D eigenvalue weighted by Gasteiger charge is -2.17. The van der Waals surface area contributed by atoms with E-state index in [-0.39, 0.29) is 11.4 Å². The highest BCUT2D eigenvalue weighted by molar-refractivity contribution is 7.89.